The first-order valence-electron chi connectivity index (χ1n) is 22.2. The van der Waals surface area contributed by atoms with E-state index < -0.39 is 24.2 Å². The quantitative estimate of drug-likeness (QED) is 0.0377. The average molecular weight is 706 g/mol. The Labute approximate surface area is 312 Å². The van der Waals surface area contributed by atoms with Crippen LogP contribution in [0.3, 0.4) is 0 Å². The van der Waals surface area contributed by atoms with Crippen LogP contribution in [0.1, 0.15) is 232 Å². The summed E-state index contributed by atoms with van der Waals surface area (Å²) in [6, 6.07) is -0.810. The maximum Gasteiger partial charge on any atom is 0.249 e. The first-order chi connectivity index (χ1) is 24.6. The van der Waals surface area contributed by atoms with Crippen molar-refractivity contribution in [1.82, 2.24) is 5.32 Å². The van der Waals surface area contributed by atoms with Crippen LogP contribution in [0.5, 0.6) is 0 Å². The van der Waals surface area contributed by atoms with Gasteiger partial charge < -0.3 is 20.6 Å². The number of unbranched alkanes of at least 4 members (excludes halogenated alkanes) is 30. The van der Waals surface area contributed by atoms with Crippen molar-refractivity contribution in [2.75, 3.05) is 6.61 Å². The lowest BCUT2D eigenvalue weighted by molar-refractivity contribution is -0.131. The molecule has 5 nitrogen and oxygen atoms in total. The van der Waals surface area contributed by atoms with Gasteiger partial charge in [0.05, 0.1) is 18.8 Å². The van der Waals surface area contributed by atoms with Crippen LogP contribution in [-0.2, 0) is 4.79 Å². The van der Waals surface area contributed by atoms with E-state index in [1.807, 2.05) is 6.08 Å². The molecule has 3 unspecified atom stereocenters. The lowest BCUT2D eigenvalue weighted by Crippen LogP contribution is -2.48. The minimum Gasteiger partial charge on any atom is -0.394 e. The molecule has 0 bridgehead atoms. The maximum atomic E-state index is 12.4. The van der Waals surface area contributed by atoms with Crippen LogP contribution in [0, 0.1) is 0 Å². The van der Waals surface area contributed by atoms with Gasteiger partial charge in [-0.15, -0.1) is 0 Å². The van der Waals surface area contributed by atoms with Gasteiger partial charge in [0, 0.05) is 0 Å². The Hall–Kier alpha value is -1.17. The topological polar surface area (TPSA) is 89.8 Å². The second-order valence-electron chi connectivity index (χ2n) is 15.3. The third-order valence-electron chi connectivity index (χ3n) is 10.3. The van der Waals surface area contributed by atoms with E-state index >= 15 is 0 Å². The van der Waals surface area contributed by atoms with Gasteiger partial charge in [-0.25, -0.2) is 0 Å². The summed E-state index contributed by atoms with van der Waals surface area (Å²) in [5.74, 6) is -0.511. The van der Waals surface area contributed by atoms with Crippen LogP contribution in [-0.4, -0.2) is 46.1 Å². The molecule has 5 heteroatoms. The number of carbonyl (C=O) groups is 1. The predicted octanol–water partition coefficient (Wildman–Crippen LogP) is 12.6. The van der Waals surface area contributed by atoms with Crippen LogP contribution in [0.15, 0.2) is 24.3 Å². The summed E-state index contributed by atoms with van der Waals surface area (Å²) in [6.45, 7) is 4.18. The lowest BCUT2D eigenvalue weighted by atomic mass is 10.0. The summed E-state index contributed by atoms with van der Waals surface area (Å²) in [6.07, 6.45) is 49.3. The summed E-state index contributed by atoms with van der Waals surface area (Å²) in [4.78, 5) is 12.4. The number of aliphatic hydroxyl groups is 3. The molecule has 296 valence electrons. The first kappa shape index (κ1) is 48.8. The van der Waals surface area contributed by atoms with Gasteiger partial charge in [0.2, 0.25) is 5.91 Å². The highest BCUT2D eigenvalue weighted by Gasteiger charge is 2.22. The highest BCUT2D eigenvalue weighted by atomic mass is 16.3. The van der Waals surface area contributed by atoms with E-state index in [2.05, 4.69) is 31.3 Å². The lowest BCUT2D eigenvalue weighted by Gasteiger charge is -2.21. The average Bonchev–Trinajstić information content (AvgIpc) is 3.12. The van der Waals surface area contributed by atoms with E-state index in [0.29, 0.717) is 6.42 Å². The normalized spacial score (nSPS) is 13.8. The molecule has 0 aliphatic carbocycles. The highest BCUT2D eigenvalue weighted by molar-refractivity contribution is 5.80. The van der Waals surface area contributed by atoms with Gasteiger partial charge in [-0.3, -0.25) is 4.79 Å². The number of carbonyl (C=O) groups excluding carboxylic acids is 1. The summed E-state index contributed by atoms with van der Waals surface area (Å²) >= 11 is 0. The Morgan fingerprint density at radius 3 is 1.22 bits per heavy atom. The van der Waals surface area contributed by atoms with Crippen molar-refractivity contribution < 1.29 is 20.1 Å². The second kappa shape index (κ2) is 40.6. The number of aliphatic hydroxyl groups excluding tert-OH is 3. The fourth-order valence-corrected chi connectivity index (χ4v) is 6.79. The van der Waals surface area contributed by atoms with Crippen molar-refractivity contribution in [2.24, 2.45) is 0 Å². The van der Waals surface area contributed by atoms with Gasteiger partial charge in [-0.2, -0.15) is 0 Å². The Morgan fingerprint density at radius 2 is 0.820 bits per heavy atom. The van der Waals surface area contributed by atoms with E-state index in [9.17, 15) is 20.1 Å². The SMILES string of the molecule is CCCCCCCCCCCCCCCCC/C=C/CC/C=C/C(O)C(CO)NC(=O)C(O)CCCCCCCCCCCCCCCCC. The molecule has 0 aromatic rings. The smallest absolute Gasteiger partial charge is 0.249 e. The van der Waals surface area contributed by atoms with Crippen molar-refractivity contribution in [3.63, 3.8) is 0 Å². The number of allylic oxidation sites excluding steroid dienone is 3. The Bertz CT molecular complexity index is 739. The molecule has 0 radical (unpaired) electrons. The van der Waals surface area contributed by atoms with Crippen molar-refractivity contribution in [3.05, 3.63) is 24.3 Å². The van der Waals surface area contributed by atoms with E-state index in [-0.39, 0.29) is 6.61 Å². The zero-order valence-corrected chi connectivity index (χ0v) is 33.5. The molecule has 50 heavy (non-hydrogen) atoms. The molecule has 1 amide bonds. The van der Waals surface area contributed by atoms with Gasteiger partial charge in [0.15, 0.2) is 0 Å². The summed E-state index contributed by atoms with van der Waals surface area (Å²) < 4.78 is 0. The van der Waals surface area contributed by atoms with Gasteiger partial charge in [0.25, 0.3) is 0 Å². The molecule has 0 fully saturated rings. The largest absolute Gasteiger partial charge is 0.394 e. The predicted molar refractivity (Wildman–Crippen MR) is 218 cm³/mol. The number of nitrogens with one attached hydrogen (secondary N) is 1. The van der Waals surface area contributed by atoms with E-state index in [1.54, 1.807) is 6.08 Å². The van der Waals surface area contributed by atoms with Crippen molar-refractivity contribution >= 4 is 5.91 Å². The molecule has 4 N–H and O–H groups in total. The van der Waals surface area contributed by atoms with Gasteiger partial charge >= 0.3 is 0 Å². The van der Waals surface area contributed by atoms with Crippen LogP contribution < -0.4 is 5.32 Å². The monoisotopic (exact) mass is 706 g/mol. The van der Waals surface area contributed by atoms with Gasteiger partial charge in [-0.1, -0.05) is 224 Å². The molecule has 0 aliphatic rings. The molecule has 0 aromatic heterocycles. The van der Waals surface area contributed by atoms with Crippen molar-refractivity contribution in [3.8, 4) is 0 Å². The first-order valence-corrected chi connectivity index (χ1v) is 22.2. The van der Waals surface area contributed by atoms with Gasteiger partial charge in [-0.05, 0) is 32.1 Å². The minimum absolute atomic E-state index is 0.373. The molecule has 0 saturated heterocycles. The molecule has 0 aromatic carbocycles. The van der Waals surface area contributed by atoms with Gasteiger partial charge in [0.1, 0.15) is 6.10 Å². The van der Waals surface area contributed by atoms with Crippen molar-refractivity contribution in [2.45, 2.75) is 250 Å². The summed E-state index contributed by atoms with van der Waals surface area (Å²) in [7, 11) is 0. The molecule has 3 atom stereocenters. The number of amides is 1. The summed E-state index contributed by atoms with van der Waals surface area (Å²) in [5.41, 5.74) is 0. The Balaban J connectivity index is 3.69. The fraction of sp³-hybridized carbons (Fsp3) is 0.889. The van der Waals surface area contributed by atoms with Crippen molar-refractivity contribution in [1.29, 1.82) is 0 Å². The Morgan fingerprint density at radius 1 is 0.480 bits per heavy atom. The minimum atomic E-state index is -1.10. The van der Waals surface area contributed by atoms with Crippen LogP contribution in [0.4, 0.5) is 0 Å². The fourth-order valence-electron chi connectivity index (χ4n) is 6.79. The number of hydrogen-bond acceptors (Lipinski definition) is 4. The third kappa shape index (κ3) is 35.2. The standard InChI is InChI=1S/C45H87NO4/c1-3-5-7-9-11-13-15-17-19-20-21-22-23-24-26-27-29-31-33-35-37-39-43(48)42(41-47)46-45(50)44(49)40-38-36-34-32-30-28-25-18-16-14-12-10-8-6-4-2/h29,31,37,39,42-44,47-49H,3-28,30,32-36,38,40-41H2,1-2H3,(H,46,50)/b31-29+,39-37+. The third-order valence-corrected chi connectivity index (χ3v) is 10.3. The van der Waals surface area contributed by atoms with Crippen LogP contribution in [0.25, 0.3) is 0 Å². The molecule has 0 spiro atoms. The molecular formula is C45H87NO4. The van der Waals surface area contributed by atoms with E-state index in [1.165, 1.54) is 173 Å². The summed E-state index contributed by atoms with van der Waals surface area (Å²) in [5, 5.41) is 33.1. The molecular weight excluding hydrogens is 618 g/mol. The van der Waals surface area contributed by atoms with E-state index in [0.717, 1.165) is 38.5 Å². The van der Waals surface area contributed by atoms with Crippen LogP contribution in [0.2, 0.25) is 0 Å². The Kier molecular flexibility index (Phi) is 39.6. The number of hydrogen-bond donors (Lipinski definition) is 4. The maximum absolute atomic E-state index is 12.4. The van der Waals surface area contributed by atoms with Crippen LogP contribution >= 0.6 is 0 Å². The molecule has 0 rings (SSSR count). The zero-order valence-electron chi connectivity index (χ0n) is 33.5. The molecule has 0 aliphatic heterocycles. The zero-order chi connectivity index (χ0) is 36.6. The molecule has 0 heterocycles. The highest BCUT2D eigenvalue weighted by Crippen LogP contribution is 2.16. The molecule has 0 saturated carbocycles. The second-order valence-corrected chi connectivity index (χ2v) is 15.3. The number of rotatable bonds is 40. The van der Waals surface area contributed by atoms with E-state index in [4.69, 9.17) is 0 Å².